The van der Waals surface area contributed by atoms with E-state index in [4.69, 9.17) is 5.14 Å². The topological polar surface area (TPSA) is 94.3 Å². The molecule has 5 nitrogen and oxygen atoms in total. The van der Waals surface area contributed by atoms with Gasteiger partial charge in [0.2, 0.25) is 10.0 Å². The van der Waals surface area contributed by atoms with E-state index in [0.717, 1.165) is 6.42 Å². The molecule has 0 bridgehead atoms. The first-order valence-electron chi connectivity index (χ1n) is 6.03. The molecule has 108 valence electrons. The molecule has 0 saturated carbocycles. The van der Waals surface area contributed by atoms with Crippen LogP contribution in [0, 0.1) is 0 Å². The molecule has 0 aliphatic carbocycles. The van der Waals surface area contributed by atoms with Crippen LogP contribution >= 0.6 is 0 Å². The van der Waals surface area contributed by atoms with E-state index >= 15 is 0 Å². The Balaban J connectivity index is 3.13. The number of benzene rings is 1. The number of sulfone groups is 1. The van der Waals surface area contributed by atoms with Crippen LogP contribution in [-0.4, -0.2) is 28.3 Å². The summed E-state index contributed by atoms with van der Waals surface area (Å²) in [6.45, 7) is 1.88. The molecule has 19 heavy (non-hydrogen) atoms. The van der Waals surface area contributed by atoms with Crippen LogP contribution in [0.2, 0.25) is 0 Å². The summed E-state index contributed by atoms with van der Waals surface area (Å²) in [4.78, 5) is 0. The Bertz CT molecular complexity index is 594. The molecule has 1 rings (SSSR count). The summed E-state index contributed by atoms with van der Waals surface area (Å²) in [6, 6.07) is 8.33. The van der Waals surface area contributed by atoms with Crippen LogP contribution in [0.25, 0.3) is 0 Å². The van der Waals surface area contributed by atoms with E-state index in [1.807, 2.05) is 6.92 Å². The number of sulfonamides is 1. The first-order chi connectivity index (χ1) is 8.76. The molecule has 0 saturated heterocycles. The molecule has 0 aliphatic rings. The molecule has 7 heteroatoms. The molecular formula is C12H19NO4S2. The fourth-order valence-electron chi connectivity index (χ4n) is 1.77. The lowest BCUT2D eigenvalue weighted by atomic mass is 10.2. The van der Waals surface area contributed by atoms with E-state index in [1.165, 1.54) is 0 Å². The molecular weight excluding hydrogens is 286 g/mol. The Kier molecular flexibility index (Phi) is 5.51. The maximum atomic E-state index is 12.2. The van der Waals surface area contributed by atoms with Crippen molar-refractivity contribution in [3.63, 3.8) is 0 Å². The van der Waals surface area contributed by atoms with Gasteiger partial charge in [0.15, 0.2) is 9.84 Å². The van der Waals surface area contributed by atoms with Gasteiger partial charge in [0.25, 0.3) is 0 Å². The summed E-state index contributed by atoms with van der Waals surface area (Å²) in [5.74, 6) is -0.609. The highest BCUT2D eigenvalue weighted by atomic mass is 32.2. The first-order valence-corrected chi connectivity index (χ1v) is 9.46. The van der Waals surface area contributed by atoms with Gasteiger partial charge in [-0.1, -0.05) is 43.7 Å². The van der Waals surface area contributed by atoms with Gasteiger partial charge in [-0.15, -0.1) is 0 Å². The lowest BCUT2D eigenvalue weighted by Crippen LogP contribution is -2.28. The minimum atomic E-state index is -3.86. The maximum Gasteiger partial charge on any atom is 0.210 e. The average molecular weight is 305 g/mol. The summed E-state index contributed by atoms with van der Waals surface area (Å²) in [6.07, 6.45) is 1.24. The molecule has 1 aromatic rings. The lowest BCUT2D eigenvalue weighted by molar-refractivity contribution is 0.574. The van der Waals surface area contributed by atoms with Gasteiger partial charge in [0.05, 0.1) is 11.5 Å². The van der Waals surface area contributed by atoms with Crippen molar-refractivity contribution in [3.05, 3.63) is 35.9 Å². The van der Waals surface area contributed by atoms with Crippen molar-refractivity contribution in [2.75, 3.05) is 11.5 Å². The van der Waals surface area contributed by atoms with Crippen molar-refractivity contribution in [2.45, 2.75) is 25.0 Å². The Hall–Kier alpha value is -0.920. The zero-order valence-corrected chi connectivity index (χ0v) is 12.5. The summed E-state index contributed by atoms with van der Waals surface area (Å²) < 4.78 is 47.0. The number of unbranched alkanes of at least 4 members (excludes halogenated alkanes) is 1. The quantitative estimate of drug-likeness (QED) is 0.819. The van der Waals surface area contributed by atoms with E-state index in [2.05, 4.69) is 0 Å². The zero-order chi connectivity index (χ0) is 14.5. The third-order valence-corrected chi connectivity index (χ3v) is 5.94. The van der Waals surface area contributed by atoms with Crippen LogP contribution in [0.1, 0.15) is 30.6 Å². The molecule has 1 atom stereocenters. The largest absolute Gasteiger partial charge is 0.229 e. The third kappa shape index (κ3) is 5.30. The molecule has 0 amide bonds. The summed E-state index contributed by atoms with van der Waals surface area (Å²) in [7, 11) is -7.39. The van der Waals surface area contributed by atoms with Crippen molar-refractivity contribution >= 4 is 19.9 Å². The van der Waals surface area contributed by atoms with Crippen molar-refractivity contribution in [2.24, 2.45) is 5.14 Å². The Morgan fingerprint density at radius 3 is 2.16 bits per heavy atom. The molecule has 0 fully saturated rings. The second kappa shape index (κ2) is 6.49. The van der Waals surface area contributed by atoms with E-state index in [0.29, 0.717) is 12.0 Å². The van der Waals surface area contributed by atoms with Crippen LogP contribution in [0.15, 0.2) is 30.3 Å². The minimum absolute atomic E-state index is 0.0292. The molecule has 1 unspecified atom stereocenters. The van der Waals surface area contributed by atoms with Crippen LogP contribution in [0.5, 0.6) is 0 Å². The van der Waals surface area contributed by atoms with E-state index < -0.39 is 30.9 Å². The van der Waals surface area contributed by atoms with Gasteiger partial charge in [0.1, 0.15) is 5.25 Å². The highest BCUT2D eigenvalue weighted by molar-refractivity contribution is 7.94. The normalized spacial score (nSPS) is 14.2. The van der Waals surface area contributed by atoms with Gasteiger partial charge in [-0.3, -0.25) is 0 Å². The molecule has 0 aromatic heterocycles. The maximum absolute atomic E-state index is 12.2. The minimum Gasteiger partial charge on any atom is -0.229 e. The Morgan fingerprint density at radius 1 is 1.11 bits per heavy atom. The predicted octanol–water partition coefficient (Wildman–Crippen LogP) is 1.23. The predicted molar refractivity (Wildman–Crippen MR) is 75.9 cm³/mol. The number of rotatable bonds is 7. The smallest absolute Gasteiger partial charge is 0.210 e. The monoisotopic (exact) mass is 305 g/mol. The highest BCUT2D eigenvalue weighted by Crippen LogP contribution is 2.25. The molecule has 1 aromatic carbocycles. The molecule has 2 N–H and O–H groups in total. The van der Waals surface area contributed by atoms with Gasteiger partial charge in [-0.05, 0) is 12.0 Å². The third-order valence-electron chi connectivity index (χ3n) is 2.77. The molecule has 0 spiro atoms. The summed E-state index contributed by atoms with van der Waals surface area (Å²) >= 11 is 0. The highest BCUT2D eigenvalue weighted by Gasteiger charge is 2.30. The SMILES string of the molecule is CCCCS(=O)(=O)C(CS(N)(=O)=O)c1ccccc1. The molecule has 0 radical (unpaired) electrons. The van der Waals surface area contributed by atoms with Gasteiger partial charge in [0, 0.05) is 0 Å². The molecule has 0 heterocycles. The van der Waals surface area contributed by atoms with Crippen LogP contribution in [-0.2, 0) is 19.9 Å². The van der Waals surface area contributed by atoms with E-state index in [-0.39, 0.29) is 5.75 Å². The summed E-state index contributed by atoms with van der Waals surface area (Å²) in [5.41, 5.74) is 0.465. The second-order valence-electron chi connectivity index (χ2n) is 4.45. The van der Waals surface area contributed by atoms with Crippen molar-refractivity contribution in [1.82, 2.24) is 0 Å². The van der Waals surface area contributed by atoms with Crippen molar-refractivity contribution in [1.29, 1.82) is 0 Å². The number of primary sulfonamides is 1. The Morgan fingerprint density at radius 2 is 1.68 bits per heavy atom. The summed E-state index contributed by atoms with van der Waals surface area (Å²) in [5, 5.41) is 3.92. The fraction of sp³-hybridized carbons (Fsp3) is 0.500. The first kappa shape index (κ1) is 16.1. The van der Waals surface area contributed by atoms with Crippen molar-refractivity contribution < 1.29 is 16.8 Å². The van der Waals surface area contributed by atoms with Gasteiger partial charge in [-0.2, -0.15) is 0 Å². The van der Waals surface area contributed by atoms with Crippen molar-refractivity contribution in [3.8, 4) is 0 Å². The van der Waals surface area contributed by atoms with Gasteiger partial charge in [-0.25, -0.2) is 22.0 Å². The second-order valence-corrected chi connectivity index (χ2v) is 8.41. The van der Waals surface area contributed by atoms with Gasteiger partial charge < -0.3 is 0 Å². The number of hydrogen-bond acceptors (Lipinski definition) is 4. The average Bonchev–Trinajstić information content (AvgIpc) is 2.33. The Labute approximate surface area is 114 Å². The van der Waals surface area contributed by atoms with Gasteiger partial charge >= 0.3 is 0 Å². The standard InChI is InChI=1S/C12H19NO4S2/c1-2-3-9-18(14,15)12(10-19(13,16)17)11-7-5-4-6-8-11/h4-8,12H,2-3,9-10H2,1H3,(H2,13,16,17). The lowest BCUT2D eigenvalue weighted by Gasteiger charge is -2.17. The van der Waals surface area contributed by atoms with Crippen LogP contribution in [0.3, 0.4) is 0 Å². The van der Waals surface area contributed by atoms with E-state index in [9.17, 15) is 16.8 Å². The number of hydrogen-bond donors (Lipinski definition) is 1. The van der Waals surface area contributed by atoms with E-state index in [1.54, 1.807) is 30.3 Å². The number of nitrogens with two attached hydrogens (primary N) is 1. The molecule has 0 aliphatic heterocycles. The fourth-order valence-corrected chi connectivity index (χ4v) is 5.33. The van der Waals surface area contributed by atoms with Crippen LogP contribution < -0.4 is 5.14 Å². The zero-order valence-electron chi connectivity index (χ0n) is 10.8. The van der Waals surface area contributed by atoms with Crippen LogP contribution in [0.4, 0.5) is 0 Å².